The quantitative estimate of drug-likeness (QED) is 0.174. The lowest BCUT2D eigenvalue weighted by Gasteiger charge is -2.12. The summed E-state index contributed by atoms with van der Waals surface area (Å²) in [6.45, 7) is 11.0. The molecule has 0 fully saturated rings. The number of nitrogen functional groups attached to an aromatic ring is 2. The number of anilines is 2. The van der Waals surface area contributed by atoms with Crippen LogP contribution in [0.1, 0.15) is 35.1 Å². The van der Waals surface area contributed by atoms with E-state index in [1.165, 1.54) is 22.7 Å². The Morgan fingerprint density at radius 1 is 0.600 bits per heavy atom. The highest BCUT2D eigenvalue weighted by Gasteiger charge is 2.12. The fourth-order valence-corrected chi connectivity index (χ4v) is 5.52. The van der Waals surface area contributed by atoms with Gasteiger partial charge in [-0.15, -0.1) is 22.7 Å². The predicted octanol–water partition coefficient (Wildman–Crippen LogP) is 6.85. The lowest BCUT2D eigenvalue weighted by atomic mass is 10.0. The first-order valence-electron chi connectivity index (χ1n) is 13.1. The SMILES string of the molecule is COCCCOc1cc(C)c(-c2csc(N)n2)c(C)c1.COCCCOc1cc(C)c(-c2csc(N)n2)c(C)c1. The van der Waals surface area contributed by atoms with Crippen molar-refractivity contribution < 1.29 is 18.9 Å². The second-order valence-corrected chi connectivity index (χ2v) is 11.2. The minimum Gasteiger partial charge on any atom is -0.493 e. The number of aromatic nitrogens is 2. The number of benzene rings is 2. The van der Waals surface area contributed by atoms with Crippen LogP contribution in [0.15, 0.2) is 35.0 Å². The zero-order valence-electron chi connectivity index (χ0n) is 24.2. The molecular formula is C30H40N4O4S2. The lowest BCUT2D eigenvalue weighted by molar-refractivity contribution is 0.172. The molecule has 2 aromatic heterocycles. The van der Waals surface area contributed by atoms with Crippen molar-refractivity contribution in [1.29, 1.82) is 0 Å². The number of thiazole rings is 2. The van der Waals surface area contributed by atoms with E-state index < -0.39 is 0 Å². The van der Waals surface area contributed by atoms with Crippen molar-refractivity contribution in [3.63, 3.8) is 0 Å². The number of hydrogen-bond acceptors (Lipinski definition) is 10. The summed E-state index contributed by atoms with van der Waals surface area (Å²) in [6.07, 6.45) is 1.78. The first-order valence-corrected chi connectivity index (χ1v) is 14.9. The third-order valence-electron chi connectivity index (χ3n) is 6.09. The molecule has 4 rings (SSSR count). The van der Waals surface area contributed by atoms with E-state index in [0.717, 1.165) is 69.1 Å². The number of rotatable bonds is 12. The van der Waals surface area contributed by atoms with E-state index in [9.17, 15) is 0 Å². The molecule has 2 aromatic carbocycles. The molecule has 8 nitrogen and oxygen atoms in total. The molecule has 0 amide bonds. The van der Waals surface area contributed by atoms with Crippen LogP contribution in [0.5, 0.6) is 11.5 Å². The summed E-state index contributed by atoms with van der Waals surface area (Å²) in [6, 6.07) is 8.19. The van der Waals surface area contributed by atoms with E-state index in [4.69, 9.17) is 30.4 Å². The third-order valence-corrected chi connectivity index (χ3v) is 7.44. The summed E-state index contributed by atoms with van der Waals surface area (Å²) in [4.78, 5) is 8.72. The van der Waals surface area contributed by atoms with Crippen LogP contribution in [-0.2, 0) is 9.47 Å². The van der Waals surface area contributed by atoms with Gasteiger partial charge in [0.25, 0.3) is 0 Å². The fourth-order valence-electron chi connectivity index (χ4n) is 4.41. The van der Waals surface area contributed by atoms with Crippen molar-refractivity contribution >= 4 is 32.9 Å². The molecule has 0 unspecified atom stereocenters. The Morgan fingerprint density at radius 3 is 1.23 bits per heavy atom. The molecule has 0 spiro atoms. The first kappa shape index (κ1) is 31.3. The smallest absolute Gasteiger partial charge is 0.180 e. The van der Waals surface area contributed by atoms with Gasteiger partial charge in [0.2, 0.25) is 0 Å². The lowest BCUT2D eigenvalue weighted by Crippen LogP contribution is -2.02. The van der Waals surface area contributed by atoms with Crippen molar-refractivity contribution in [1.82, 2.24) is 9.97 Å². The number of methoxy groups -OCH3 is 2. The van der Waals surface area contributed by atoms with Gasteiger partial charge < -0.3 is 30.4 Å². The Morgan fingerprint density at radius 2 is 0.950 bits per heavy atom. The van der Waals surface area contributed by atoms with Gasteiger partial charge in [0.05, 0.1) is 24.6 Å². The molecule has 40 heavy (non-hydrogen) atoms. The number of aryl methyl sites for hydroxylation is 4. The van der Waals surface area contributed by atoms with E-state index >= 15 is 0 Å². The van der Waals surface area contributed by atoms with E-state index in [-0.39, 0.29) is 0 Å². The van der Waals surface area contributed by atoms with Crippen molar-refractivity contribution in [2.45, 2.75) is 40.5 Å². The van der Waals surface area contributed by atoms with Gasteiger partial charge in [-0.1, -0.05) is 0 Å². The zero-order chi connectivity index (χ0) is 29.1. The van der Waals surface area contributed by atoms with Gasteiger partial charge in [0.1, 0.15) is 11.5 Å². The molecule has 0 aliphatic heterocycles. The predicted molar refractivity (Wildman–Crippen MR) is 167 cm³/mol. The molecule has 0 radical (unpaired) electrons. The van der Waals surface area contributed by atoms with Gasteiger partial charge in [0, 0.05) is 62.2 Å². The van der Waals surface area contributed by atoms with Gasteiger partial charge in [-0.25, -0.2) is 9.97 Å². The Hall–Kier alpha value is -3.18. The topological polar surface area (TPSA) is 115 Å². The van der Waals surface area contributed by atoms with Crippen LogP contribution in [0, 0.1) is 27.7 Å². The average Bonchev–Trinajstić information content (AvgIpc) is 3.52. The minimum atomic E-state index is 0.596. The van der Waals surface area contributed by atoms with Crippen LogP contribution >= 0.6 is 22.7 Å². The van der Waals surface area contributed by atoms with Crippen molar-refractivity contribution in [3.8, 4) is 34.0 Å². The van der Waals surface area contributed by atoms with Crippen molar-refractivity contribution in [2.24, 2.45) is 0 Å². The van der Waals surface area contributed by atoms with Crippen LogP contribution in [0.2, 0.25) is 0 Å². The fraction of sp³-hybridized carbons (Fsp3) is 0.400. The number of hydrogen-bond donors (Lipinski definition) is 2. The number of nitrogens with zero attached hydrogens (tertiary/aromatic N) is 2. The van der Waals surface area contributed by atoms with Gasteiger partial charge in [-0.3, -0.25) is 0 Å². The Bertz CT molecular complexity index is 1220. The normalized spacial score (nSPS) is 10.8. The van der Waals surface area contributed by atoms with Crippen LogP contribution < -0.4 is 20.9 Å². The largest absolute Gasteiger partial charge is 0.493 e. The highest BCUT2D eigenvalue weighted by atomic mass is 32.1. The van der Waals surface area contributed by atoms with Crippen molar-refractivity contribution in [3.05, 3.63) is 57.3 Å². The highest BCUT2D eigenvalue weighted by molar-refractivity contribution is 7.14. The number of nitrogens with two attached hydrogens (primary N) is 2. The molecule has 0 aliphatic carbocycles. The maximum absolute atomic E-state index is 5.74. The maximum atomic E-state index is 5.74. The molecule has 0 saturated heterocycles. The molecule has 0 saturated carbocycles. The summed E-state index contributed by atoms with van der Waals surface area (Å²) in [5.41, 5.74) is 20.2. The summed E-state index contributed by atoms with van der Waals surface area (Å²) < 4.78 is 21.5. The molecule has 2 heterocycles. The monoisotopic (exact) mass is 584 g/mol. The molecule has 216 valence electrons. The van der Waals surface area contributed by atoms with E-state index in [1.54, 1.807) is 14.2 Å². The molecule has 0 atom stereocenters. The highest BCUT2D eigenvalue weighted by Crippen LogP contribution is 2.33. The van der Waals surface area contributed by atoms with Gasteiger partial charge >= 0.3 is 0 Å². The molecule has 4 aromatic rings. The molecule has 10 heteroatoms. The Kier molecular flexibility index (Phi) is 12.2. The van der Waals surface area contributed by atoms with Gasteiger partial charge in [0.15, 0.2) is 10.3 Å². The summed E-state index contributed by atoms with van der Waals surface area (Å²) >= 11 is 2.92. The van der Waals surface area contributed by atoms with E-state index in [2.05, 4.69) is 37.7 Å². The molecule has 4 N–H and O–H groups in total. The molecular weight excluding hydrogens is 544 g/mol. The summed E-state index contributed by atoms with van der Waals surface area (Å²) in [5, 5.41) is 5.17. The second-order valence-electron chi connectivity index (χ2n) is 9.40. The summed E-state index contributed by atoms with van der Waals surface area (Å²) in [5.74, 6) is 1.78. The van der Waals surface area contributed by atoms with Gasteiger partial charge in [-0.05, 0) is 74.2 Å². The maximum Gasteiger partial charge on any atom is 0.180 e. The second kappa shape index (κ2) is 15.6. The van der Waals surface area contributed by atoms with E-state index in [1.807, 2.05) is 35.0 Å². The average molecular weight is 585 g/mol. The van der Waals surface area contributed by atoms with Crippen molar-refractivity contribution in [2.75, 3.05) is 52.1 Å². The third kappa shape index (κ3) is 8.92. The van der Waals surface area contributed by atoms with E-state index in [0.29, 0.717) is 36.7 Å². The van der Waals surface area contributed by atoms with Crippen LogP contribution in [0.3, 0.4) is 0 Å². The van der Waals surface area contributed by atoms with Crippen LogP contribution in [0.25, 0.3) is 22.5 Å². The zero-order valence-corrected chi connectivity index (χ0v) is 25.8. The molecule has 0 bridgehead atoms. The van der Waals surface area contributed by atoms with Gasteiger partial charge in [-0.2, -0.15) is 0 Å². The number of ether oxygens (including phenoxy) is 4. The summed E-state index contributed by atoms with van der Waals surface area (Å²) in [7, 11) is 3.39. The van der Waals surface area contributed by atoms with Crippen LogP contribution in [0.4, 0.5) is 10.3 Å². The first-order chi connectivity index (χ1) is 19.2. The molecule has 0 aliphatic rings. The van der Waals surface area contributed by atoms with Crippen LogP contribution in [-0.4, -0.2) is 50.6 Å². The standard InChI is InChI=1S/2C15H20N2O2S/c2*1-10-7-12(19-6-4-5-18-3)8-11(2)14(10)13-9-20-15(16)17-13/h2*7-9H,4-6H2,1-3H3,(H2,16,17). The minimum absolute atomic E-state index is 0.596. The Labute approximate surface area is 245 Å². The Balaban J connectivity index is 0.000000220.